The second-order valence-electron chi connectivity index (χ2n) is 5.98. The van der Waals surface area contributed by atoms with Crippen molar-refractivity contribution in [1.29, 1.82) is 0 Å². The summed E-state index contributed by atoms with van der Waals surface area (Å²) in [6, 6.07) is 15.5. The molecule has 2 N–H and O–H groups in total. The van der Waals surface area contributed by atoms with Crippen LogP contribution in [-0.4, -0.2) is 14.5 Å². The van der Waals surface area contributed by atoms with Gasteiger partial charge in [-0.15, -0.1) is 0 Å². The minimum absolute atomic E-state index is 0.140. The number of hydrogen-bond acceptors (Lipinski definition) is 2. The molecule has 0 fully saturated rings. The summed E-state index contributed by atoms with van der Waals surface area (Å²) >= 11 is 7.69. The zero-order chi connectivity index (χ0) is 18.8. The monoisotopic (exact) mass is 478 g/mol. The Morgan fingerprint density at radius 2 is 1.77 bits per heavy atom. The molecule has 1 heterocycles. The third-order valence-electron chi connectivity index (χ3n) is 4.21. The first-order chi connectivity index (χ1) is 12.4. The molecule has 7 heteroatoms. The highest BCUT2D eigenvalue weighted by molar-refractivity contribution is 14.1. The predicted molar refractivity (Wildman–Crippen MR) is 119 cm³/mol. The van der Waals surface area contributed by atoms with E-state index in [0.29, 0.717) is 10.8 Å². The molecule has 0 spiro atoms. The van der Waals surface area contributed by atoms with Crippen LogP contribution < -0.4 is 16.2 Å². The van der Waals surface area contributed by atoms with Gasteiger partial charge in [-0.2, -0.15) is 0 Å². The van der Waals surface area contributed by atoms with Crippen molar-refractivity contribution in [2.75, 3.05) is 10.6 Å². The number of halogens is 1. The fourth-order valence-corrected chi connectivity index (χ4v) is 3.27. The fourth-order valence-electron chi connectivity index (χ4n) is 2.71. The fraction of sp³-hybridized carbons (Fsp3) is 0.158. The van der Waals surface area contributed by atoms with E-state index in [9.17, 15) is 4.79 Å². The second-order valence-corrected chi connectivity index (χ2v) is 7.55. The Labute approximate surface area is 171 Å². The summed E-state index contributed by atoms with van der Waals surface area (Å²) in [6.07, 6.45) is 0. The molecule has 26 heavy (non-hydrogen) atoms. The van der Waals surface area contributed by atoms with Crippen LogP contribution >= 0.6 is 34.8 Å². The molecule has 0 aliphatic heterocycles. The molecule has 0 amide bonds. The van der Waals surface area contributed by atoms with Crippen molar-refractivity contribution in [3.63, 3.8) is 0 Å². The lowest BCUT2D eigenvalue weighted by Gasteiger charge is -2.10. The second kappa shape index (κ2) is 7.63. The number of hydrogen-bond donors (Lipinski definition) is 2. The standard InChI is InChI=1S/C19H19IN4OS/c1-12-11-14(9-10-16(12)20)21-19(26)22-17-13(2)23(3)24(18(17)25)15-7-5-4-6-8-15/h4-11H,1-3H3,(H2,21,22,26). The maximum Gasteiger partial charge on any atom is 0.295 e. The zero-order valence-corrected chi connectivity index (χ0v) is 17.7. The van der Waals surface area contributed by atoms with Gasteiger partial charge >= 0.3 is 0 Å². The van der Waals surface area contributed by atoms with Crippen molar-refractivity contribution in [1.82, 2.24) is 9.36 Å². The number of aromatic nitrogens is 2. The lowest BCUT2D eigenvalue weighted by Crippen LogP contribution is -2.25. The highest BCUT2D eigenvalue weighted by Crippen LogP contribution is 2.18. The molecule has 2 aromatic carbocycles. The van der Waals surface area contributed by atoms with Gasteiger partial charge in [-0.3, -0.25) is 9.48 Å². The Bertz CT molecular complexity index is 1020. The van der Waals surface area contributed by atoms with Crippen molar-refractivity contribution in [2.45, 2.75) is 13.8 Å². The van der Waals surface area contributed by atoms with E-state index in [0.717, 1.165) is 17.1 Å². The lowest BCUT2D eigenvalue weighted by molar-refractivity contribution is 0.630. The number of benzene rings is 2. The van der Waals surface area contributed by atoms with Gasteiger partial charge in [-0.05, 0) is 84.6 Å². The van der Waals surface area contributed by atoms with Gasteiger partial charge in [0.1, 0.15) is 5.69 Å². The maximum absolute atomic E-state index is 12.9. The summed E-state index contributed by atoms with van der Waals surface area (Å²) in [5.41, 5.74) is 4.00. The van der Waals surface area contributed by atoms with E-state index in [-0.39, 0.29) is 5.56 Å². The molecule has 0 aliphatic carbocycles. The van der Waals surface area contributed by atoms with Gasteiger partial charge in [-0.25, -0.2) is 4.68 Å². The molecule has 0 radical (unpaired) electrons. The van der Waals surface area contributed by atoms with Crippen LogP contribution in [0.4, 0.5) is 11.4 Å². The molecule has 0 atom stereocenters. The summed E-state index contributed by atoms with van der Waals surface area (Å²) in [5.74, 6) is 0. The first kappa shape index (κ1) is 18.7. The van der Waals surface area contributed by atoms with Crippen LogP contribution in [0.15, 0.2) is 53.3 Å². The Balaban J connectivity index is 1.87. The molecule has 0 aliphatic rings. The highest BCUT2D eigenvalue weighted by Gasteiger charge is 2.17. The topological polar surface area (TPSA) is 51.0 Å². The van der Waals surface area contributed by atoms with E-state index in [1.54, 1.807) is 4.68 Å². The summed E-state index contributed by atoms with van der Waals surface area (Å²) < 4.78 is 4.63. The highest BCUT2D eigenvalue weighted by atomic mass is 127. The van der Waals surface area contributed by atoms with E-state index in [4.69, 9.17) is 12.2 Å². The predicted octanol–water partition coefficient (Wildman–Crippen LogP) is 4.21. The molecule has 134 valence electrons. The summed E-state index contributed by atoms with van der Waals surface area (Å²) in [7, 11) is 1.86. The molecule has 3 aromatic rings. The Hall–Kier alpha value is -2.13. The average Bonchev–Trinajstić information content (AvgIpc) is 2.82. The van der Waals surface area contributed by atoms with Crippen LogP contribution in [-0.2, 0) is 7.05 Å². The SMILES string of the molecule is Cc1cc(NC(=S)Nc2c(C)n(C)n(-c3ccccc3)c2=O)ccc1I. The Morgan fingerprint density at radius 3 is 2.42 bits per heavy atom. The van der Waals surface area contributed by atoms with Crippen molar-refractivity contribution in [3.05, 3.63) is 73.7 Å². The summed E-state index contributed by atoms with van der Waals surface area (Å²) in [4.78, 5) is 12.9. The quantitative estimate of drug-likeness (QED) is 0.438. The van der Waals surface area contributed by atoms with Crippen molar-refractivity contribution < 1.29 is 0 Å². The minimum Gasteiger partial charge on any atom is -0.332 e. The molecular formula is C19H19IN4OS. The zero-order valence-electron chi connectivity index (χ0n) is 14.7. The van der Waals surface area contributed by atoms with Crippen molar-refractivity contribution in [3.8, 4) is 5.69 Å². The van der Waals surface area contributed by atoms with Crippen LogP contribution in [0.1, 0.15) is 11.3 Å². The molecular weight excluding hydrogens is 459 g/mol. The van der Waals surface area contributed by atoms with Gasteiger partial charge in [-0.1, -0.05) is 18.2 Å². The number of nitrogens with zero attached hydrogens (tertiary/aromatic N) is 2. The summed E-state index contributed by atoms with van der Waals surface area (Å²) in [5, 5.41) is 6.58. The Morgan fingerprint density at radius 1 is 1.08 bits per heavy atom. The Kier molecular flexibility index (Phi) is 5.47. The van der Waals surface area contributed by atoms with Crippen LogP contribution in [0, 0.1) is 17.4 Å². The van der Waals surface area contributed by atoms with Gasteiger partial charge < -0.3 is 10.6 Å². The van der Waals surface area contributed by atoms with E-state index in [2.05, 4.69) is 33.2 Å². The number of thiocarbonyl (C=S) groups is 1. The van der Waals surface area contributed by atoms with Crippen LogP contribution in [0.5, 0.6) is 0 Å². The van der Waals surface area contributed by atoms with Crippen molar-refractivity contribution >= 4 is 51.3 Å². The normalized spacial score (nSPS) is 10.6. The van der Waals surface area contributed by atoms with Gasteiger partial charge in [0.25, 0.3) is 5.56 Å². The third-order valence-corrected chi connectivity index (χ3v) is 5.62. The van der Waals surface area contributed by atoms with Gasteiger partial charge in [0.2, 0.25) is 0 Å². The van der Waals surface area contributed by atoms with Gasteiger partial charge in [0, 0.05) is 16.3 Å². The molecule has 0 saturated heterocycles. The maximum atomic E-state index is 12.9. The molecule has 5 nitrogen and oxygen atoms in total. The van der Waals surface area contributed by atoms with Crippen molar-refractivity contribution in [2.24, 2.45) is 7.05 Å². The van der Waals surface area contributed by atoms with Crippen LogP contribution in [0.2, 0.25) is 0 Å². The number of rotatable bonds is 3. The first-order valence-electron chi connectivity index (χ1n) is 8.06. The molecule has 0 saturated carbocycles. The first-order valence-corrected chi connectivity index (χ1v) is 9.55. The largest absolute Gasteiger partial charge is 0.332 e. The van der Waals surface area contributed by atoms with E-state index < -0.39 is 0 Å². The van der Waals surface area contributed by atoms with E-state index in [1.165, 1.54) is 9.13 Å². The summed E-state index contributed by atoms with van der Waals surface area (Å²) in [6.45, 7) is 3.93. The molecule has 0 bridgehead atoms. The lowest BCUT2D eigenvalue weighted by atomic mass is 10.2. The number of para-hydroxylation sites is 1. The third kappa shape index (κ3) is 3.68. The van der Waals surface area contributed by atoms with Crippen LogP contribution in [0.3, 0.4) is 0 Å². The molecule has 0 unspecified atom stereocenters. The molecule has 3 rings (SSSR count). The smallest absolute Gasteiger partial charge is 0.295 e. The van der Waals surface area contributed by atoms with E-state index in [1.807, 2.05) is 74.1 Å². The van der Waals surface area contributed by atoms with Gasteiger partial charge in [0.05, 0.1) is 11.4 Å². The molecule has 1 aromatic heterocycles. The number of anilines is 2. The van der Waals surface area contributed by atoms with Gasteiger partial charge in [0.15, 0.2) is 5.11 Å². The van der Waals surface area contributed by atoms with E-state index >= 15 is 0 Å². The van der Waals surface area contributed by atoms with Crippen LogP contribution in [0.25, 0.3) is 5.69 Å². The number of aryl methyl sites for hydroxylation is 1. The number of nitrogens with one attached hydrogen (secondary N) is 2. The average molecular weight is 478 g/mol. The minimum atomic E-state index is -0.140.